The highest BCUT2D eigenvalue weighted by Crippen LogP contribution is 2.38. The molecule has 1 unspecified atom stereocenters. The van der Waals surface area contributed by atoms with Crippen LogP contribution in [0.4, 0.5) is 0 Å². The number of allylic oxidation sites excluding steroid dienone is 7. The third-order valence-corrected chi connectivity index (χ3v) is 4.93. The SMILES string of the molecule is CC(C)=CCC1(CC=C(C)C)C(=O)C=CC(C(=O)/C=C/c2ccccc2)C1=O. The molecule has 0 saturated heterocycles. The van der Waals surface area contributed by atoms with Crippen molar-refractivity contribution in [3.8, 4) is 0 Å². The number of Topliss-reactive ketones (excluding diaryl/α,β-unsaturated/α-hetero) is 1. The number of hydrogen-bond acceptors (Lipinski definition) is 3. The van der Waals surface area contributed by atoms with E-state index in [1.165, 1.54) is 18.2 Å². The van der Waals surface area contributed by atoms with Crippen LogP contribution in [0.25, 0.3) is 6.08 Å². The van der Waals surface area contributed by atoms with Crippen LogP contribution in [0.15, 0.2) is 71.9 Å². The Morgan fingerprint density at radius 3 is 2.07 bits per heavy atom. The zero-order chi connectivity index (χ0) is 20.7. The highest BCUT2D eigenvalue weighted by molar-refractivity contribution is 6.23. The van der Waals surface area contributed by atoms with E-state index in [2.05, 4.69) is 0 Å². The third-order valence-electron chi connectivity index (χ3n) is 4.93. The second kappa shape index (κ2) is 9.41. The molecule has 1 atom stereocenters. The topological polar surface area (TPSA) is 51.2 Å². The van der Waals surface area contributed by atoms with Crippen molar-refractivity contribution in [1.29, 1.82) is 0 Å². The average Bonchev–Trinajstić information content (AvgIpc) is 2.66. The summed E-state index contributed by atoms with van der Waals surface area (Å²) in [7, 11) is 0. The molecule has 0 heterocycles. The van der Waals surface area contributed by atoms with Gasteiger partial charge >= 0.3 is 0 Å². The number of benzene rings is 1. The molecule has 1 aromatic carbocycles. The predicted molar refractivity (Wildman–Crippen MR) is 114 cm³/mol. The van der Waals surface area contributed by atoms with E-state index in [1.54, 1.807) is 6.08 Å². The molecule has 0 N–H and O–H groups in total. The Kier molecular flexibility index (Phi) is 7.22. The van der Waals surface area contributed by atoms with Gasteiger partial charge in [-0.3, -0.25) is 14.4 Å². The zero-order valence-electron chi connectivity index (χ0n) is 17.1. The Bertz CT molecular complexity index is 838. The maximum absolute atomic E-state index is 13.4. The highest BCUT2D eigenvalue weighted by Gasteiger charge is 2.48. The molecule has 2 rings (SSSR count). The second-order valence-corrected chi connectivity index (χ2v) is 7.76. The summed E-state index contributed by atoms with van der Waals surface area (Å²) < 4.78 is 0. The zero-order valence-corrected chi connectivity index (χ0v) is 17.1. The van der Waals surface area contributed by atoms with E-state index in [4.69, 9.17) is 0 Å². The van der Waals surface area contributed by atoms with Crippen molar-refractivity contribution >= 4 is 23.4 Å². The Morgan fingerprint density at radius 1 is 0.964 bits per heavy atom. The van der Waals surface area contributed by atoms with E-state index in [1.807, 2.05) is 70.2 Å². The summed E-state index contributed by atoms with van der Waals surface area (Å²) in [6.45, 7) is 7.75. The van der Waals surface area contributed by atoms with Gasteiger partial charge < -0.3 is 0 Å². The van der Waals surface area contributed by atoms with Crippen molar-refractivity contribution in [2.75, 3.05) is 0 Å². The lowest BCUT2D eigenvalue weighted by Crippen LogP contribution is -2.46. The minimum atomic E-state index is -1.20. The lowest BCUT2D eigenvalue weighted by atomic mass is 9.65. The van der Waals surface area contributed by atoms with Crippen LogP contribution in [-0.2, 0) is 14.4 Å². The molecule has 0 amide bonds. The normalized spacial score (nSPS) is 18.2. The number of ketones is 3. The molecule has 0 radical (unpaired) electrons. The summed E-state index contributed by atoms with van der Waals surface area (Å²) in [6.07, 6.45) is 10.5. The summed E-state index contributed by atoms with van der Waals surface area (Å²) in [4.78, 5) is 38.9. The van der Waals surface area contributed by atoms with E-state index in [9.17, 15) is 14.4 Å². The van der Waals surface area contributed by atoms with Crippen LogP contribution in [0.1, 0.15) is 46.1 Å². The monoisotopic (exact) mass is 376 g/mol. The smallest absolute Gasteiger partial charge is 0.170 e. The first kappa shape index (κ1) is 21.5. The van der Waals surface area contributed by atoms with Gasteiger partial charge in [0.05, 0.1) is 11.3 Å². The minimum Gasteiger partial charge on any atom is -0.297 e. The molecule has 1 aromatic rings. The molecule has 0 fully saturated rings. The standard InChI is InChI=1S/C25H28O3/c1-18(2)14-16-25(17-15-19(3)4)23(27)13-11-21(24(25)28)22(26)12-10-20-8-6-5-7-9-20/h5-15,21H,16-17H2,1-4H3/b12-10+. The molecule has 0 aliphatic heterocycles. The molecule has 28 heavy (non-hydrogen) atoms. The van der Waals surface area contributed by atoms with Crippen molar-refractivity contribution in [3.05, 3.63) is 77.4 Å². The molecular weight excluding hydrogens is 348 g/mol. The van der Waals surface area contributed by atoms with Gasteiger partial charge in [-0.2, -0.15) is 0 Å². The van der Waals surface area contributed by atoms with Gasteiger partial charge in [0.1, 0.15) is 0 Å². The van der Waals surface area contributed by atoms with E-state index in [-0.39, 0.29) is 17.3 Å². The van der Waals surface area contributed by atoms with Gasteiger partial charge in [-0.05, 0) is 58.3 Å². The molecule has 1 aliphatic carbocycles. The molecule has 0 saturated carbocycles. The molecule has 0 bridgehead atoms. The number of hydrogen-bond donors (Lipinski definition) is 0. The molecule has 0 aromatic heterocycles. The van der Waals surface area contributed by atoms with Crippen molar-refractivity contribution in [2.24, 2.45) is 11.3 Å². The summed E-state index contributed by atoms with van der Waals surface area (Å²) in [5.41, 5.74) is 1.76. The summed E-state index contributed by atoms with van der Waals surface area (Å²) in [5.74, 6) is -1.74. The predicted octanol–water partition coefficient (Wildman–Crippen LogP) is 5.29. The van der Waals surface area contributed by atoms with Crippen LogP contribution in [0.5, 0.6) is 0 Å². The molecule has 0 spiro atoms. The number of carbonyl (C=O) groups excluding carboxylic acids is 3. The molecular formula is C25H28O3. The Balaban J connectivity index is 2.36. The highest BCUT2D eigenvalue weighted by atomic mass is 16.2. The summed E-state index contributed by atoms with van der Waals surface area (Å²) in [5, 5.41) is 0. The van der Waals surface area contributed by atoms with Crippen LogP contribution in [0, 0.1) is 11.3 Å². The van der Waals surface area contributed by atoms with Crippen LogP contribution in [0.2, 0.25) is 0 Å². The molecule has 1 aliphatic rings. The fourth-order valence-electron chi connectivity index (χ4n) is 3.16. The number of carbonyl (C=O) groups is 3. The fourth-order valence-corrected chi connectivity index (χ4v) is 3.16. The molecule has 146 valence electrons. The van der Waals surface area contributed by atoms with Gasteiger partial charge in [0, 0.05) is 0 Å². The van der Waals surface area contributed by atoms with Crippen molar-refractivity contribution in [3.63, 3.8) is 0 Å². The van der Waals surface area contributed by atoms with Gasteiger partial charge in [-0.1, -0.05) is 65.8 Å². The second-order valence-electron chi connectivity index (χ2n) is 7.76. The van der Waals surface area contributed by atoms with Gasteiger partial charge in [-0.15, -0.1) is 0 Å². The van der Waals surface area contributed by atoms with Crippen LogP contribution < -0.4 is 0 Å². The average molecular weight is 376 g/mol. The molecule has 3 nitrogen and oxygen atoms in total. The lowest BCUT2D eigenvalue weighted by molar-refractivity contribution is -0.142. The van der Waals surface area contributed by atoms with Crippen molar-refractivity contribution in [2.45, 2.75) is 40.5 Å². The van der Waals surface area contributed by atoms with Gasteiger partial charge in [0.25, 0.3) is 0 Å². The van der Waals surface area contributed by atoms with Crippen molar-refractivity contribution < 1.29 is 14.4 Å². The minimum absolute atomic E-state index is 0.219. The Hall–Kier alpha value is -2.81. The summed E-state index contributed by atoms with van der Waals surface area (Å²) in [6, 6.07) is 9.45. The maximum Gasteiger partial charge on any atom is 0.170 e. The first-order valence-corrected chi connectivity index (χ1v) is 9.57. The molecule has 3 heteroatoms. The quantitative estimate of drug-likeness (QED) is 0.369. The van der Waals surface area contributed by atoms with Crippen LogP contribution >= 0.6 is 0 Å². The van der Waals surface area contributed by atoms with Crippen LogP contribution in [-0.4, -0.2) is 17.3 Å². The Labute approximate surface area is 167 Å². The van der Waals surface area contributed by atoms with Crippen LogP contribution in [0.3, 0.4) is 0 Å². The van der Waals surface area contributed by atoms with E-state index in [0.717, 1.165) is 16.7 Å². The van der Waals surface area contributed by atoms with Gasteiger partial charge in [0.2, 0.25) is 0 Å². The van der Waals surface area contributed by atoms with Gasteiger partial charge in [-0.25, -0.2) is 0 Å². The Morgan fingerprint density at radius 2 is 1.54 bits per heavy atom. The van der Waals surface area contributed by atoms with Gasteiger partial charge in [0.15, 0.2) is 17.3 Å². The van der Waals surface area contributed by atoms with E-state index in [0.29, 0.717) is 12.8 Å². The first-order chi connectivity index (χ1) is 13.3. The lowest BCUT2D eigenvalue weighted by Gasteiger charge is -2.33. The van der Waals surface area contributed by atoms with E-state index >= 15 is 0 Å². The fraction of sp³-hybridized carbons (Fsp3) is 0.320. The first-order valence-electron chi connectivity index (χ1n) is 9.57. The third kappa shape index (κ3) is 5.13. The maximum atomic E-state index is 13.4. The summed E-state index contributed by atoms with van der Waals surface area (Å²) >= 11 is 0. The number of rotatable bonds is 7. The van der Waals surface area contributed by atoms with E-state index < -0.39 is 11.3 Å². The largest absolute Gasteiger partial charge is 0.297 e. The van der Waals surface area contributed by atoms with Crippen molar-refractivity contribution in [1.82, 2.24) is 0 Å².